The van der Waals surface area contributed by atoms with Crippen LogP contribution in [0, 0.1) is 5.92 Å². The van der Waals surface area contributed by atoms with Gasteiger partial charge in [-0.05, 0) is 24.6 Å². The van der Waals surface area contributed by atoms with Crippen LogP contribution in [0.25, 0.3) is 0 Å². The highest BCUT2D eigenvalue weighted by atomic mass is 35.5. The molecule has 1 aliphatic rings. The van der Waals surface area contributed by atoms with Crippen LogP contribution < -0.4 is 5.32 Å². The van der Waals surface area contributed by atoms with Crippen molar-refractivity contribution in [1.82, 2.24) is 4.90 Å². The number of carbonyl (C=O) groups excluding carboxylic acids is 2. The van der Waals surface area contributed by atoms with Gasteiger partial charge in [-0.15, -0.1) is 0 Å². The topological polar surface area (TPSA) is 89.9 Å². The molecule has 0 radical (unpaired) electrons. The third-order valence-corrected chi connectivity index (χ3v) is 4.29. The lowest BCUT2D eigenvalue weighted by Crippen LogP contribution is -2.47. The molecule has 1 heterocycles. The first kappa shape index (κ1) is 17.7. The Balaban J connectivity index is 2.20. The predicted molar refractivity (Wildman–Crippen MR) is 87.5 cm³/mol. The average molecular weight is 341 g/mol. The van der Waals surface area contributed by atoms with Crippen LogP contribution in [0.15, 0.2) is 18.2 Å². The number of hydrogen-bond acceptors (Lipinski definition) is 4. The number of nitrogens with zero attached hydrogens (tertiary/aromatic N) is 1. The molecule has 1 saturated heterocycles. The first-order valence-electron chi connectivity index (χ1n) is 7.63. The Labute approximate surface area is 140 Å². The number of benzene rings is 1. The fraction of sp³-hybridized carbons (Fsp3) is 0.500. The molecule has 1 aliphatic heterocycles. The Kier molecular flexibility index (Phi) is 5.98. The maximum atomic E-state index is 12.7. The van der Waals surface area contributed by atoms with Crippen molar-refractivity contribution in [3.8, 4) is 0 Å². The van der Waals surface area contributed by atoms with E-state index in [9.17, 15) is 19.8 Å². The third-order valence-electron chi connectivity index (χ3n) is 4.05. The molecule has 0 aromatic heterocycles. The lowest BCUT2D eigenvalue weighted by Gasteiger charge is -2.35. The highest BCUT2D eigenvalue weighted by Gasteiger charge is 2.31. The maximum absolute atomic E-state index is 12.7. The van der Waals surface area contributed by atoms with Crippen LogP contribution in [0.1, 0.15) is 30.1 Å². The minimum absolute atomic E-state index is 0.0953. The minimum atomic E-state index is -0.751. The molecule has 0 bridgehead atoms. The Morgan fingerprint density at radius 2 is 2.17 bits per heavy atom. The zero-order chi connectivity index (χ0) is 17.0. The van der Waals surface area contributed by atoms with Crippen molar-refractivity contribution in [2.75, 3.05) is 25.0 Å². The number of aliphatic hydroxyl groups excluding tert-OH is 2. The Morgan fingerprint density at radius 3 is 2.78 bits per heavy atom. The molecule has 2 atom stereocenters. The molecule has 2 amide bonds. The molecule has 126 valence electrons. The van der Waals surface area contributed by atoms with Crippen LogP contribution in [0.5, 0.6) is 0 Å². The monoisotopic (exact) mass is 340 g/mol. The molecular weight excluding hydrogens is 320 g/mol. The molecular formula is C16H21ClN2O4. The molecule has 1 aromatic carbocycles. The number of piperidine rings is 1. The van der Waals surface area contributed by atoms with E-state index >= 15 is 0 Å². The summed E-state index contributed by atoms with van der Waals surface area (Å²) in [4.78, 5) is 25.9. The minimum Gasteiger partial charge on any atom is -0.396 e. The Bertz CT molecular complexity index is 593. The molecule has 23 heavy (non-hydrogen) atoms. The second kappa shape index (κ2) is 7.77. The number of aliphatic hydroxyl groups is 2. The van der Waals surface area contributed by atoms with Gasteiger partial charge in [0.1, 0.15) is 0 Å². The van der Waals surface area contributed by atoms with Crippen LogP contribution in [0.3, 0.4) is 0 Å². The summed E-state index contributed by atoms with van der Waals surface area (Å²) in [5.41, 5.74) is 0.707. The van der Waals surface area contributed by atoms with Gasteiger partial charge in [0.15, 0.2) is 0 Å². The van der Waals surface area contributed by atoms with Gasteiger partial charge in [-0.3, -0.25) is 9.59 Å². The lowest BCUT2D eigenvalue weighted by atomic mass is 9.94. The molecule has 7 heteroatoms. The number of nitrogens with one attached hydrogen (secondary N) is 1. The number of carbonyl (C=O) groups is 2. The molecule has 6 nitrogen and oxygen atoms in total. The standard InChI is InChI=1S/C16H21ClN2O4/c1-2-15(22)18-13-7-11(17)3-4-12(13)16(23)19-6-5-10(9-20)14(21)8-19/h3-4,7,10,14,20-21H,2,5-6,8-9H2,1H3,(H,18,22)/t10-,14+/m1/s1. The SMILES string of the molecule is CCC(=O)Nc1cc(Cl)ccc1C(=O)N1CC[C@H](CO)[C@@H](O)C1. The van der Waals surface area contributed by atoms with Crippen molar-refractivity contribution < 1.29 is 19.8 Å². The van der Waals surface area contributed by atoms with E-state index in [4.69, 9.17) is 11.6 Å². The van der Waals surface area contributed by atoms with Crippen molar-refractivity contribution in [2.24, 2.45) is 5.92 Å². The van der Waals surface area contributed by atoms with Gasteiger partial charge in [-0.25, -0.2) is 0 Å². The molecule has 1 fully saturated rings. The van der Waals surface area contributed by atoms with Gasteiger partial charge in [0.2, 0.25) is 5.91 Å². The van der Waals surface area contributed by atoms with E-state index in [2.05, 4.69) is 5.32 Å². The number of rotatable bonds is 4. The Morgan fingerprint density at radius 1 is 1.43 bits per heavy atom. The predicted octanol–water partition coefficient (Wildman–Crippen LogP) is 1.50. The summed E-state index contributed by atoms with van der Waals surface area (Å²) < 4.78 is 0. The van der Waals surface area contributed by atoms with Crippen molar-refractivity contribution >= 4 is 29.1 Å². The van der Waals surface area contributed by atoms with Gasteiger partial charge >= 0.3 is 0 Å². The molecule has 0 spiro atoms. The van der Waals surface area contributed by atoms with Crippen molar-refractivity contribution in [2.45, 2.75) is 25.9 Å². The summed E-state index contributed by atoms with van der Waals surface area (Å²) in [6.07, 6.45) is 0.0766. The number of hydrogen-bond donors (Lipinski definition) is 3. The van der Waals surface area contributed by atoms with E-state index in [1.165, 1.54) is 4.90 Å². The average Bonchev–Trinajstić information content (AvgIpc) is 2.54. The van der Waals surface area contributed by atoms with Gasteiger partial charge in [-0.2, -0.15) is 0 Å². The van der Waals surface area contributed by atoms with Crippen LogP contribution in [-0.4, -0.2) is 52.7 Å². The van der Waals surface area contributed by atoms with E-state index < -0.39 is 6.10 Å². The second-order valence-electron chi connectivity index (χ2n) is 5.64. The molecule has 2 rings (SSSR count). The summed E-state index contributed by atoms with van der Waals surface area (Å²) in [5.74, 6) is -0.688. The van der Waals surface area contributed by atoms with Crippen molar-refractivity contribution in [3.05, 3.63) is 28.8 Å². The number of β-amino-alcohol motifs (C(OH)–C–C–N with tert-alkyl or cyclic N) is 1. The molecule has 0 saturated carbocycles. The second-order valence-corrected chi connectivity index (χ2v) is 6.08. The summed E-state index contributed by atoms with van der Waals surface area (Å²) in [7, 11) is 0. The van der Waals surface area contributed by atoms with E-state index in [1.54, 1.807) is 25.1 Å². The van der Waals surface area contributed by atoms with Crippen LogP contribution in [0.2, 0.25) is 5.02 Å². The Hall–Kier alpha value is -1.63. The van der Waals surface area contributed by atoms with Crippen molar-refractivity contribution in [3.63, 3.8) is 0 Å². The van der Waals surface area contributed by atoms with Gasteiger partial charge in [-0.1, -0.05) is 18.5 Å². The maximum Gasteiger partial charge on any atom is 0.256 e. The fourth-order valence-corrected chi connectivity index (χ4v) is 2.77. The van der Waals surface area contributed by atoms with Crippen LogP contribution in [-0.2, 0) is 4.79 Å². The van der Waals surface area contributed by atoms with Crippen molar-refractivity contribution in [1.29, 1.82) is 0 Å². The number of likely N-dealkylation sites (tertiary alicyclic amines) is 1. The normalized spacial score (nSPS) is 21.1. The van der Waals surface area contributed by atoms with Gasteiger partial charge < -0.3 is 20.4 Å². The van der Waals surface area contributed by atoms with Gasteiger partial charge in [0.25, 0.3) is 5.91 Å². The van der Waals surface area contributed by atoms with Crippen LogP contribution in [0.4, 0.5) is 5.69 Å². The first-order valence-corrected chi connectivity index (χ1v) is 8.01. The number of amides is 2. The summed E-state index contributed by atoms with van der Waals surface area (Å²) >= 11 is 5.95. The summed E-state index contributed by atoms with van der Waals surface area (Å²) in [5, 5.41) is 22.3. The molecule has 0 aliphatic carbocycles. The van der Waals surface area contributed by atoms with Gasteiger partial charge in [0.05, 0.1) is 17.4 Å². The zero-order valence-electron chi connectivity index (χ0n) is 13.0. The largest absolute Gasteiger partial charge is 0.396 e. The molecule has 1 aromatic rings. The molecule has 0 unspecified atom stereocenters. The quantitative estimate of drug-likeness (QED) is 0.775. The third kappa shape index (κ3) is 4.22. The van der Waals surface area contributed by atoms with E-state index in [-0.39, 0.29) is 30.9 Å². The molecule has 3 N–H and O–H groups in total. The number of anilines is 1. The zero-order valence-corrected chi connectivity index (χ0v) is 13.7. The smallest absolute Gasteiger partial charge is 0.256 e. The van der Waals surface area contributed by atoms with E-state index in [1.807, 2.05) is 0 Å². The van der Waals surface area contributed by atoms with Crippen LogP contribution >= 0.6 is 11.6 Å². The van der Waals surface area contributed by atoms with E-state index in [0.29, 0.717) is 35.7 Å². The highest BCUT2D eigenvalue weighted by molar-refractivity contribution is 6.31. The summed E-state index contributed by atoms with van der Waals surface area (Å²) in [6, 6.07) is 4.70. The number of halogens is 1. The van der Waals surface area contributed by atoms with Gasteiger partial charge in [0, 0.05) is 37.1 Å². The fourth-order valence-electron chi connectivity index (χ4n) is 2.59. The van der Waals surface area contributed by atoms with E-state index in [0.717, 1.165) is 0 Å². The summed E-state index contributed by atoms with van der Waals surface area (Å²) in [6.45, 7) is 2.23. The first-order chi connectivity index (χ1) is 11.0. The lowest BCUT2D eigenvalue weighted by molar-refractivity contribution is -0.115. The highest BCUT2D eigenvalue weighted by Crippen LogP contribution is 2.25.